The first-order valence-electron chi connectivity index (χ1n) is 8.71. The van der Waals surface area contributed by atoms with Crippen LogP contribution in [-0.4, -0.2) is 12.6 Å². The molecule has 1 saturated carbocycles. The van der Waals surface area contributed by atoms with Crippen LogP contribution in [0, 0.1) is 0 Å². The van der Waals surface area contributed by atoms with E-state index < -0.39 is 0 Å². The normalized spacial score (nSPS) is 20.2. The Balaban J connectivity index is 1.65. The minimum Gasteiger partial charge on any atom is -0.469 e. The van der Waals surface area contributed by atoms with Gasteiger partial charge in [-0.2, -0.15) is 0 Å². The standard InChI is InChI=1S/C18H31NO/c1-2-4-6-8-11-17(12-9-7-5-3-1)19-15-14-18-13-10-16-20-18/h10,13,16-17,19H,1-9,11-12,14-15H2. The molecule has 1 aliphatic rings. The molecule has 114 valence electrons. The summed E-state index contributed by atoms with van der Waals surface area (Å²) >= 11 is 0. The Morgan fingerprint density at radius 3 is 2.05 bits per heavy atom. The topological polar surface area (TPSA) is 25.2 Å². The third kappa shape index (κ3) is 6.60. The van der Waals surface area contributed by atoms with E-state index in [1.165, 1.54) is 70.6 Å². The van der Waals surface area contributed by atoms with Crippen molar-refractivity contribution >= 4 is 0 Å². The van der Waals surface area contributed by atoms with E-state index in [1.54, 1.807) is 6.26 Å². The van der Waals surface area contributed by atoms with Gasteiger partial charge >= 0.3 is 0 Å². The maximum atomic E-state index is 5.39. The summed E-state index contributed by atoms with van der Waals surface area (Å²) in [5, 5.41) is 3.75. The predicted molar refractivity (Wildman–Crippen MR) is 85.0 cm³/mol. The van der Waals surface area contributed by atoms with E-state index in [2.05, 4.69) is 11.4 Å². The molecule has 0 aromatic carbocycles. The molecule has 2 nitrogen and oxygen atoms in total. The molecule has 1 fully saturated rings. The summed E-state index contributed by atoms with van der Waals surface area (Å²) in [7, 11) is 0. The summed E-state index contributed by atoms with van der Waals surface area (Å²) < 4.78 is 5.39. The first-order chi connectivity index (χ1) is 9.95. The minimum atomic E-state index is 0.726. The monoisotopic (exact) mass is 277 g/mol. The van der Waals surface area contributed by atoms with Gasteiger partial charge in [-0.15, -0.1) is 0 Å². The van der Waals surface area contributed by atoms with Gasteiger partial charge in [-0.05, 0) is 25.0 Å². The quantitative estimate of drug-likeness (QED) is 0.829. The molecule has 1 aromatic rings. The summed E-state index contributed by atoms with van der Waals surface area (Å²) in [5.74, 6) is 1.10. The van der Waals surface area contributed by atoms with Crippen LogP contribution >= 0.6 is 0 Å². The van der Waals surface area contributed by atoms with E-state index >= 15 is 0 Å². The fourth-order valence-corrected chi connectivity index (χ4v) is 3.22. The Morgan fingerprint density at radius 1 is 0.900 bits per heavy atom. The number of rotatable bonds is 4. The molecule has 0 radical (unpaired) electrons. The van der Waals surface area contributed by atoms with Crippen molar-refractivity contribution < 1.29 is 4.42 Å². The zero-order valence-corrected chi connectivity index (χ0v) is 12.9. The van der Waals surface area contributed by atoms with Gasteiger partial charge in [0.2, 0.25) is 0 Å². The molecule has 1 heterocycles. The molecular formula is C18H31NO. The second-order valence-electron chi connectivity index (χ2n) is 6.24. The average Bonchev–Trinajstić information content (AvgIpc) is 2.94. The highest BCUT2D eigenvalue weighted by Crippen LogP contribution is 2.17. The lowest BCUT2D eigenvalue weighted by atomic mass is 9.98. The van der Waals surface area contributed by atoms with Crippen molar-refractivity contribution in [1.29, 1.82) is 0 Å². The lowest BCUT2D eigenvalue weighted by Gasteiger charge is -2.19. The summed E-state index contributed by atoms with van der Waals surface area (Å²) in [6.07, 6.45) is 18.4. The zero-order valence-electron chi connectivity index (χ0n) is 12.9. The molecule has 2 heteroatoms. The zero-order chi connectivity index (χ0) is 13.9. The SMILES string of the molecule is c1coc(CCNC2CCCCCCCCCCC2)c1. The smallest absolute Gasteiger partial charge is 0.105 e. The highest BCUT2D eigenvalue weighted by Gasteiger charge is 2.09. The molecule has 0 amide bonds. The van der Waals surface area contributed by atoms with E-state index in [1.807, 2.05) is 6.07 Å². The van der Waals surface area contributed by atoms with Crippen LogP contribution in [-0.2, 0) is 6.42 Å². The van der Waals surface area contributed by atoms with Crippen molar-refractivity contribution in [3.05, 3.63) is 24.2 Å². The van der Waals surface area contributed by atoms with Crippen LogP contribution < -0.4 is 5.32 Å². The number of furan rings is 1. The van der Waals surface area contributed by atoms with Gasteiger partial charge in [0.25, 0.3) is 0 Å². The maximum absolute atomic E-state index is 5.39. The molecular weight excluding hydrogens is 246 g/mol. The molecule has 2 rings (SSSR count). The van der Waals surface area contributed by atoms with Crippen molar-refractivity contribution in [3.8, 4) is 0 Å². The van der Waals surface area contributed by atoms with E-state index in [0.29, 0.717) is 0 Å². The van der Waals surface area contributed by atoms with Crippen molar-refractivity contribution in [1.82, 2.24) is 5.32 Å². The predicted octanol–water partition coefficient (Wildman–Crippen LogP) is 5.09. The van der Waals surface area contributed by atoms with Crippen LogP contribution in [0.1, 0.15) is 76.4 Å². The molecule has 1 N–H and O–H groups in total. The first-order valence-corrected chi connectivity index (χ1v) is 8.71. The Bertz CT molecular complexity index is 308. The Kier molecular flexibility index (Phi) is 7.84. The van der Waals surface area contributed by atoms with Gasteiger partial charge in [0, 0.05) is 19.0 Å². The summed E-state index contributed by atoms with van der Waals surface area (Å²) in [6.45, 7) is 1.05. The molecule has 1 aromatic heterocycles. The summed E-state index contributed by atoms with van der Waals surface area (Å²) in [6, 6.07) is 4.78. The van der Waals surface area contributed by atoms with Crippen LogP contribution in [0.3, 0.4) is 0 Å². The van der Waals surface area contributed by atoms with Gasteiger partial charge in [-0.3, -0.25) is 0 Å². The molecule has 0 unspecified atom stereocenters. The Hall–Kier alpha value is -0.760. The fraction of sp³-hybridized carbons (Fsp3) is 0.778. The lowest BCUT2D eigenvalue weighted by Crippen LogP contribution is -2.31. The van der Waals surface area contributed by atoms with Crippen molar-refractivity contribution in [2.45, 2.75) is 83.1 Å². The Labute approximate surface area is 124 Å². The van der Waals surface area contributed by atoms with Gasteiger partial charge in [0.1, 0.15) is 5.76 Å². The van der Waals surface area contributed by atoms with Crippen molar-refractivity contribution in [3.63, 3.8) is 0 Å². The van der Waals surface area contributed by atoms with Crippen LogP contribution in [0.15, 0.2) is 22.8 Å². The summed E-state index contributed by atoms with van der Waals surface area (Å²) in [5.41, 5.74) is 0. The van der Waals surface area contributed by atoms with Crippen LogP contribution in [0.5, 0.6) is 0 Å². The lowest BCUT2D eigenvalue weighted by molar-refractivity contribution is 0.399. The second kappa shape index (κ2) is 10.0. The van der Waals surface area contributed by atoms with Gasteiger partial charge in [0.05, 0.1) is 6.26 Å². The third-order valence-corrected chi connectivity index (χ3v) is 4.49. The molecule has 0 bridgehead atoms. The van der Waals surface area contributed by atoms with E-state index in [0.717, 1.165) is 24.8 Å². The highest BCUT2D eigenvalue weighted by atomic mass is 16.3. The van der Waals surface area contributed by atoms with Crippen LogP contribution in [0.4, 0.5) is 0 Å². The third-order valence-electron chi connectivity index (χ3n) is 4.49. The molecule has 0 atom stereocenters. The highest BCUT2D eigenvalue weighted by molar-refractivity contribution is 4.98. The molecule has 0 aliphatic heterocycles. The largest absolute Gasteiger partial charge is 0.469 e. The average molecular weight is 277 g/mol. The Morgan fingerprint density at radius 2 is 1.50 bits per heavy atom. The van der Waals surface area contributed by atoms with Crippen molar-refractivity contribution in [2.75, 3.05) is 6.54 Å². The molecule has 0 spiro atoms. The van der Waals surface area contributed by atoms with Gasteiger partial charge in [-0.25, -0.2) is 0 Å². The fourth-order valence-electron chi connectivity index (χ4n) is 3.22. The molecule has 0 saturated heterocycles. The number of nitrogens with one attached hydrogen (secondary N) is 1. The van der Waals surface area contributed by atoms with Crippen LogP contribution in [0.2, 0.25) is 0 Å². The van der Waals surface area contributed by atoms with E-state index in [9.17, 15) is 0 Å². The molecule has 20 heavy (non-hydrogen) atoms. The van der Waals surface area contributed by atoms with Gasteiger partial charge in [-0.1, -0.05) is 57.8 Å². The maximum Gasteiger partial charge on any atom is 0.105 e. The first kappa shape index (κ1) is 15.6. The van der Waals surface area contributed by atoms with Crippen LogP contribution in [0.25, 0.3) is 0 Å². The minimum absolute atomic E-state index is 0.726. The number of hydrogen-bond acceptors (Lipinski definition) is 2. The van der Waals surface area contributed by atoms with Crippen molar-refractivity contribution in [2.24, 2.45) is 0 Å². The van der Waals surface area contributed by atoms with Gasteiger partial charge in [0.15, 0.2) is 0 Å². The van der Waals surface area contributed by atoms with E-state index in [-0.39, 0.29) is 0 Å². The van der Waals surface area contributed by atoms with Gasteiger partial charge < -0.3 is 9.73 Å². The second-order valence-corrected chi connectivity index (χ2v) is 6.24. The molecule has 1 aliphatic carbocycles. The number of hydrogen-bond donors (Lipinski definition) is 1. The van der Waals surface area contributed by atoms with E-state index in [4.69, 9.17) is 4.42 Å². The summed E-state index contributed by atoms with van der Waals surface area (Å²) in [4.78, 5) is 0.